The van der Waals surface area contributed by atoms with E-state index >= 15 is 0 Å². The van der Waals surface area contributed by atoms with Crippen molar-refractivity contribution in [1.82, 2.24) is 19.5 Å². The predicted octanol–water partition coefficient (Wildman–Crippen LogP) is 1.94. The third kappa shape index (κ3) is 2.61. The average Bonchev–Trinajstić information content (AvgIpc) is 3.02. The van der Waals surface area contributed by atoms with Gasteiger partial charge in [0.1, 0.15) is 11.8 Å². The zero-order valence-corrected chi connectivity index (χ0v) is 14.6. The maximum Gasteiger partial charge on any atom is 0.165 e. The van der Waals surface area contributed by atoms with Crippen molar-refractivity contribution >= 4 is 17.0 Å². The molecule has 0 unspecified atom stereocenters. The van der Waals surface area contributed by atoms with Gasteiger partial charge in [-0.05, 0) is 6.42 Å². The molecule has 2 aromatic rings. The monoisotopic (exact) mass is 349 g/mol. The summed E-state index contributed by atoms with van der Waals surface area (Å²) in [6, 6.07) is 0. The average molecular weight is 349 g/mol. The Morgan fingerprint density at radius 3 is 2.75 bits per heavy atom. The van der Waals surface area contributed by atoms with Crippen LogP contribution in [-0.4, -0.2) is 25.6 Å². The summed E-state index contributed by atoms with van der Waals surface area (Å²) in [5.41, 5.74) is 7.15. The quantitative estimate of drug-likeness (QED) is 0.857. The van der Waals surface area contributed by atoms with Crippen LogP contribution in [0.4, 0.5) is 5.82 Å². The molecule has 1 aliphatic rings. The Morgan fingerprint density at radius 2 is 2.10 bits per heavy atom. The SMILES string of the molecule is CC[C@@H]1[CH-][C@H](n2cnc3c(N)ncnc32)O[C@@H]1CC.[Y]. The number of hydrogen-bond donors (Lipinski definition) is 1. The summed E-state index contributed by atoms with van der Waals surface area (Å²) in [6.07, 6.45) is 7.66. The van der Waals surface area contributed by atoms with Crippen molar-refractivity contribution in [3.8, 4) is 0 Å². The van der Waals surface area contributed by atoms with Crippen LogP contribution >= 0.6 is 0 Å². The first-order valence-electron chi connectivity index (χ1n) is 6.68. The number of aromatic nitrogens is 4. The summed E-state index contributed by atoms with van der Waals surface area (Å²) in [5.74, 6) is 0.882. The molecule has 0 saturated carbocycles. The van der Waals surface area contributed by atoms with Gasteiger partial charge in [0.15, 0.2) is 11.5 Å². The molecule has 1 aliphatic heterocycles. The molecule has 0 bridgehead atoms. The van der Waals surface area contributed by atoms with Gasteiger partial charge in [0.05, 0.1) is 6.33 Å². The molecule has 6 nitrogen and oxygen atoms in total. The van der Waals surface area contributed by atoms with Crippen molar-refractivity contribution < 1.29 is 37.4 Å². The number of anilines is 1. The Labute approximate surface area is 143 Å². The Kier molecular flexibility index (Phi) is 5.10. The van der Waals surface area contributed by atoms with Gasteiger partial charge in [-0.3, -0.25) is 6.42 Å². The molecule has 7 heteroatoms. The molecule has 105 valence electrons. The number of hydrogen-bond acceptors (Lipinski definition) is 5. The molecule has 0 amide bonds. The van der Waals surface area contributed by atoms with Gasteiger partial charge < -0.3 is 15.0 Å². The Bertz CT molecular complexity index is 575. The van der Waals surface area contributed by atoms with Crippen molar-refractivity contribution in [3.05, 3.63) is 19.1 Å². The Morgan fingerprint density at radius 1 is 1.30 bits per heavy atom. The van der Waals surface area contributed by atoms with Crippen LogP contribution in [0, 0.1) is 12.3 Å². The minimum absolute atomic E-state index is 0. The predicted molar refractivity (Wildman–Crippen MR) is 72.0 cm³/mol. The van der Waals surface area contributed by atoms with Crippen LogP contribution in [0.5, 0.6) is 0 Å². The van der Waals surface area contributed by atoms with E-state index in [9.17, 15) is 0 Å². The summed E-state index contributed by atoms with van der Waals surface area (Å²) < 4.78 is 7.99. The van der Waals surface area contributed by atoms with Gasteiger partial charge in [0.25, 0.3) is 0 Å². The molecule has 3 rings (SSSR count). The van der Waals surface area contributed by atoms with E-state index in [2.05, 4.69) is 35.2 Å². The number of nitrogens with two attached hydrogens (primary N) is 1. The van der Waals surface area contributed by atoms with E-state index < -0.39 is 0 Å². The van der Waals surface area contributed by atoms with E-state index in [0.717, 1.165) is 18.5 Å². The molecular weight excluding hydrogens is 331 g/mol. The minimum atomic E-state index is -0.116. The van der Waals surface area contributed by atoms with Gasteiger partial charge in [-0.25, -0.2) is 15.0 Å². The van der Waals surface area contributed by atoms with Crippen molar-refractivity contribution in [1.29, 1.82) is 0 Å². The smallest absolute Gasteiger partial charge is 0.165 e. The van der Waals surface area contributed by atoms with Crippen LogP contribution in [0.2, 0.25) is 0 Å². The van der Waals surface area contributed by atoms with Crippen LogP contribution in [0.25, 0.3) is 11.2 Å². The standard InChI is InChI=1S/C13H18N5O.Y/c1-3-8-5-10(19-9(8)4-2)18-7-17-11-12(14)15-6-16-13(11)18;/h5-10H,3-4H2,1-2H3,(H2,14,15,16);/q-1;/t8-,9-,10-;/m1./s1. The third-order valence-electron chi connectivity index (χ3n) is 3.74. The first-order valence-corrected chi connectivity index (χ1v) is 6.68. The van der Waals surface area contributed by atoms with Crippen molar-refractivity contribution in [2.75, 3.05) is 5.73 Å². The van der Waals surface area contributed by atoms with E-state index in [1.54, 1.807) is 6.33 Å². The fraction of sp³-hybridized carbons (Fsp3) is 0.538. The van der Waals surface area contributed by atoms with Gasteiger partial charge in [0.2, 0.25) is 0 Å². The number of fused-ring (bicyclic) bond motifs is 1. The second kappa shape index (κ2) is 6.45. The van der Waals surface area contributed by atoms with E-state index in [4.69, 9.17) is 10.5 Å². The maximum absolute atomic E-state index is 6.07. The second-order valence-corrected chi connectivity index (χ2v) is 4.82. The number of nitrogens with zero attached hydrogens (tertiary/aromatic N) is 4. The molecule has 1 radical (unpaired) electrons. The van der Waals surface area contributed by atoms with Crippen LogP contribution in [0.1, 0.15) is 32.9 Å². The molecule has 2 N–H and O–H groups in total. The van der Waals surface area contributed by atoms with Gasteiger partial charge in [0, 0.05) is 45.0 Å². The summed E-state index contributed by atoms with van der Waals surface area (Å²) in [7, 11) is 0. The summed E-state index contributed by atoms with van der Waals surface area (Å²) >= 11 is 0. The number of nitrogen functional groups attached to an aromatic ring is 1. The van der Waals surface area contributed by atoms with Crippen LogP contribution in [0.15, 0.2) is 12.7 Å². The summed E-state index contributed by atoms with van der Waals surface area (Å²) in [4.78, 5) is 12.5. The minimum Gasteiger partial charge on any atom is -0.389 e. The molecule has 1 fully saturated rings. The molecular formula is C13H18N5OY-. The first-order chi connectivity index (χ1) is 9.24. The van der Waals surface area contributed by atoms with Gasteiger partial charge >= 0.3 is 0 Å². The van der Waals surface area contributed by atoms with Crippen LogP contribution in [0.3, 0.4) is 0 Å². The topological polar surface area (TPSA) is 78.9 Å². The zero-order chi connectivity index (χ0) is 13.4. The largest absolute Gasteiger partial charge is 0.389 e. The Balaban J connectivity index is 0.00000147. The fourth-order valence-corrected chi connectivity index (χ4v) is 2.67. The second-order valence-electron chi connectivity index (χ2n) is 4.82. The van der Waals surface area contributed by atoms with E-state index in [1.165, 1.54) is 6.33 Å². The molecule has 2 aromatic heterocycles. The molecule has 20 heavy (non-hydrogen) atoms. The normalized spacial score (nSPS) is 25.8. The molecule has 3 heterocycles. The molecule has 0 spiro atoms. The van der Waals surface area contributed by atoms with Crippen LogP contribution < -0.4 is 5.73 Å². The summed E-state index contributed by atoms with van der Waals surface area (Å²) in [5, 5.41) is 0. The van der Waals surface area contributed by atoms with Crippen molar-refractivity contribution in [3.63, 3.8) is 0 Å². The maximum atomic E-state index is 6.07. The molecule has 0 aromatic carbocycles. The van der Waals surface area contributed by atoms with Crippen molar-refractivity contribution in [2.24, 2.45) is 5.92 Å². The van der Waals surface area contributed by atoms with E-state index in [0.29, 0.717) is 17.3 Å². The van der Waals surface area contributed by atoms with Gasteiger partial charge in [-0.1, -0.05) is 20.3 Å². The zero-order valence-electron chi connectivity index (χ0n) is 11.7. The van der Waals surface area contributed by atoms with Crippen molar-refractivity contribution in [2.45, 2.75) is 39.0 Å². The first kappa shape index (κ1) is 15.8. The Hall–Kier alpha value is -0.586. The molecule has 1 saturated heterocycles. The number of rotatable bonds is 3. The third-order valence-corrected chi connectivity index (χ3v) is 3.74. The molecule has 3 atom stereocenters. The number of ether oxygens (including phenoxy) is 1. The van der Waals surface area contributed by atoms with E-state index in [-0.39, 0.29) is 45.0 Å². The summed E-state index contributed by atoms with van der Waals surface area (Å²) in [6.45, 7) is 4.33. The van der Waals surface area contributed by atoms with Gasteiger partial charge in [-0.15, -0.1) is 5.92 Å². The van der Waals surface area contributed by atoms with Gasteiger partial charge in [-0.2, -0.15) is 0 Å². The van der Waals surface area contributed by atoms with E-state index in [1.807, 2.05) is 4.57 Å². The van der Waals surface area contributed by atoms with Crippen LogP contribution in [-0.2, 0) is 37.4 Å². The number of imidazole rings is 1. The molecule has 0 aliphatic carbocycles. The fourth-order valence-electron chi connectivity index (χ4n) is 2.67.